The van der Waals surface area contributed by atoms with E-state index < -0.39 is 0 Å². The van der Waals surface area contributed by atoms with E-state index in [-0.39, 0.29) is 18.6 Å². The Morgan fingerprint density at radius 2 is 2.21 bits per heavy atom. The van der Waals surface area contributed by atoms with Gasteiger partial charge in [-0.15, -0.1) is 0 Å². The van der Waals surface area contributed by atoms with Gasteiger partial charge in [0.1, 0.15) is 5.75 Å². The standard InChI is InChI=1S/C14H19ClN2O2/c1-17-7-5-12(6-8-17)16-14(18)10-19-13-4-2-3-11(15)9-13/h2-4,9,12H,5-8,10H2,1H3,(H,16,18). The molecule has 1 amide bonds. The maximum absolute atomic E-state index is 11.8. The summed E-state index contributed by atoms with van der Waals surface area (Å²) in [6.07, 6.45) is 2.00. The molecule has 0 spiro atoms. The number of carbonyl (C=O) groups is 1. The number of hydrogen-bond acceptors (Lipinski definition) is 3. The first-order valence-electron chi connectivity index (χ1n) is 6.50. The number of ether oxygens (including phenoxy) is 1. The minimum Gasteiger partial charge on any atom is -0.484 e. The monoisotopic (exact) mass is 282 g/mol. The fraction of sp³-hybridized carbons (Fsp3) is 0.500. The summed E-state index contributed by atoms with van der Waals surface area (Å²) in [5, 5.41) is 3.61. The molecule has 1 aromatic rings. The Hall–Kier alpha value is -1.26. The fourth-order valence-corrected chi connectivity index (χ4v) is 2.31. The molecule has 0 aromatic heterocycles. The Labute approximate surface area is 118 Å². The van der Waals surface area contributed by atoms with Crippen molar-refractivity contribution in [2.45, 2.75) is 18.9 Å². The van der Waals surface area contributed by atoms with Crippen molar-refractivity contribution in [1.29, 1.82) is 0 Å². The van der Waals surface area contributed by atoms with Crippen LogP contribution in [0.15, 0.2) is 24.3 Å². The maximum Gasteiger partial charge on any atom is 0.258 e. The second-order valence-electron chi connectivity index (χ2n) is 4.89. The molecule has 1 aliphatic heterocycles. The number of amides is 1. The van der Waals surface area contributed by atoms with Gasteiger partial charge >= 0.3 is 0 Å². The van der Waals surface area contributed by atoms with Crippen LogP contribution in [0.5, 0.6) is 5.75 Å². The van der Waals surface area contributed by atoms with Crippen molar-refractivity contribution in [3.63, 3.8) is 0 Å². The molecular weight excluding hydrogens is 264 g/mol. The first-order chi connectivity index (χ1) is 9.13. The van der Waals surface area contributed by atoms with Crippen LogP contribution in [0, 0.1) is 0 Å². The summed E-state index contributed by atoms with van der Waals surface area (Å²) < 4.78 is 5.40. The zero-order valence-electron chi connectivity index (χ0n) is 11.1. The molecule has 1 saturated heterocycles. The number of hydrogen-bond donors (Lipinski definition) is 1. The van der Waals surface area contributed by atoms with Gasteiger partial charge in [0.25, 0.3) is 5.91 Å². The first-order valence-corrected chi connectivity index (χ1v) is 6.87. The average Bonchev–Trinajstić information content (AvgIpc) is 2.39. The van der Waals surface area contributed by atoms with Crippen molar-refractivity contribution < 1.29 is 9.53 Å². The molecule has 1 N–H and O–H groups in total. The van der Waals surface area contributed by atoms with E-state index in [1.807, 2.05) is 0 Å². The molecule has 0 radical (unpaired) electrons. The lowest BCUT2D eigenvalue weighted by molar-refractivity contribution is -0.124. The smallest absolute Gasteiger partial charge is 0.258 e. The highest BCUT2D eigenvalue weighted by molar-refractivity contribution is 6.30. The summed E-state index contributed by atoms with van der Waals surface area (Å²) in [5.41, 5.74) is 0. The lowest BCUT2D eigenvalue weighted by atomic mass is 10.1. The van der Waals surface area contributed by atoms with E-state index in [1.165, 1.54) is 0 Å². The molecule has 1 heterocycles. The molecular formula is C14H19ClN2O2. The van der Waals surface area contributed by atoms with Crippen LogP contribution in [0.4, 0.5) is 0 Å². The zero-order valence-corrected chi connectivity index (χ0v) is 11.8. The third-order valence-corrected chi connectivity index (χ3v) is 3.48. The van der Waals surface area contributed by atoms with Gasteiger partial charge in [0.2, 0.25) is 0 Å². The normalized spacial score (nSPS) is 17.2. The van der Waals surface area contributed by atoms with Crippen molar-refractivity contribution >= 4 is 17.5 Å². The molecule has 5 heteroatoms. The Kier molecular flexibility index (Phi) is 5.05. The molecule has 0 bridgehead atoms. The highest BCUT2D eigenvalue weighted by Crippen LogP contribution is 2.17. The third-order valence-electron chi connectivity index (χ3n) is 3.25. The lowest BCUT2D eigenvalue weighted by Crippen LogP contribution is -2.44. The van der Waals surface area contributed by atoms with Gasteiger partial charge in [-0.25, -0.2) is 0 Å². The quantitative estimate of drug-likeness (QED) is 0.917. The van der Waals surface area contributed by atoms with Crippen LogP contribution in [0.1, 0.15) is 12.8 Å². The lowest BCUT2D eigenvalue weighted by Gasteiger charge is -2.29. The highest BCUT2D eigenvalue weighted by atomic mass is 35.5. The van der Waals surface area contributed by atoms with Gasteiger partial charge in [-0.2, -0.15) is 0 Å². The summed E-state index contributed by atoms with van der Waals surface area (Å²) in [5.74, 6) is 0.542. The van der Waals surface area contributed by atoms with Gasteiger partial charge in [0, 0.05) is 11.1 Å². The van der Waals surface area contributed by atoms with Crippen molar-refractivity contribution in [1.82, 2.24) is 10.2 Å². The number of likely N-dealkylation sites (tertiary alicyclic amines) is 1. The van der Waals surface area contributed by atoms with Crippen LogP contribution in [-0.2, 0) is 4.79 Å². The van der Waals surface area contributed by atoms with Crippen LogP contribution in [0.2, 0.25) is 5.02 Å². The number of rotatable bonds is 4. The molecule has 4 nitrogen and oxygen atoms in total. The Morgan fingerprint density at radius 1 is 1.47 bits per heavy atom. The average molecular weight is 283 g/mol. The van der Waals surface area contributed by atoms with E-state index in [4.69, 9.17) is 16.3 Å². The predicted molar refractivity (Wildman–Crippen MR) is 75.6 cm³/mol. The number of benzene rings is 1. The van der Waals surface area contributed by atoms with E-state index in [9.17, 15) is 4.79 Å². The van der Waals surface area contributed by atoms with E-state index in [0.29, 0.717) is 10.8 Å². The topological polar surface area (TPSA) is 41.6 Å². The largest absolute Gasteiger partial charge is 0.484 e. The molecule has 19 heavy (non-hydrogen) atoms. The first kappa shape index (κ1) is 14.2. The fourth-order valence-electron chi connectivity index (χ4n) is 2.13. The zero-order chi connectivity index (χ0) is 13.7. The summed E-state index contributed by atoms with van der Waals surface area (Å²) in [6, 6.07) is 7.32. The summed E-state index contributed by atoms with van der Waals surface area (Å²) in [7, 11) is 2.10. The number of nitrogens with zero attached hydrogens (tertiary/aromatic N) is 1. The van der Waals surface area contributed by atoms with E-state index >= 15 is 0 Å². The van der Waals surface area contributed by atoms with Gasteiger partial charge in [-0.3, -0.25) is 4.79 Å². The minimum absolute atomic E-state index is 0.0344. The molecule has 1 aromatic carbocycles. The summed E-state index contributed by atoms with van der Waals surface area (Å²) in [4.78, 5) is 14.0. The van der Waals surface area contributed by atoms with Crippen molar-refractivity contribution in [3.05, 3.63) is 29.3 Å². The highest BCUT2D eigenvalue weighted by Gasteiger charge is 2.18. The molecule has 0 aliphatic carbocycles. The molecule has 1 fully saturated rings. The van der Waals surface area contributed by atoms with Gasteiger partial charge in [-0.1, -0.05) is 17.7 Å². The van der Waals surface area contributed by atoms with Gasteiger partial charge in [0.15, 0.2) is 6.61 Å². The van der Waals surface area contributed by atoms with Crippen LogP contribution < -0.4 is 10.1 Å². The summed E-state index contributed by atoms with van der Waals surface area (Å²) in [6.45, 7) is 2.09. The second kappa shape index (κ2) is 6.78. The van der Waals surface area contributed by atoms with E-state index in [0.717, 1.165) is 25.9 Å². The van der Waals surface area contributed by atoms with Gasteiger partial charge in [0.05, 0.1) is 0 Å². The van der Waals surface area contributed by atoms with Crippen molar-refractivity contribution in [2.24, 2.45) is 0 Å². The van der Waals surface area contributed by atoms with Gasteiger partial charge in [-0.05, 0) is 51.2 Å². The molecule has 1 aliphatic rings. The number of nitrogens with one attached hydrogen (secondary N) is 1. The predicted octanol–water partition coefficient (Wildman–Crippen LogP) is 1.93. The Bertz CT molecular complexity index is 431. The van der Waals surface area contributed by atoms with Crippen molar-refractivity contribution in [2.75, 3.05) is 26.7 Å². The third kappa shape index (κ3) is 4.73. The maximum atomic E-state index is 11.8. The van der Waals surface area contributed by atoms with Crippen LogP contribution in [0.25, 0.3) is 0 Å². The molecule has 2 rings (SSSR count). The number of carbonyl (C=O) groups excluding carboxylic acids is 1. The van der Waals surface area contributed by atoms with Crippen LogP contribution in [-0.4, -0.2) is 43.6 Å². The van der Waals surface area contributed by atoms with Gasteiger partial charge < -0.3 is 15.0 Å². The van der Waals surface area contributed by atoms with E-state index in [1.54, 1.807) is 24.3 Å². The molecule has 0 saturated carbocycles. The van der Waals surface area contributed by atoms with Crippen LogP contribution in [0.3, 0.4) is 0 Å². The molecule has 0 atom stereocenters. The van der Waals surface area contributed by atoms with E-state index in [2.05, 4.69) is 17.3 Å². The Balaban J connectivity index is 1.73. The number of halogens is 1. The number of piperidine rings is 1. The SMILES string of the molecule is CN1CCC(NC(=O)COc2cccc(Cl)c2)CC1. The minimum atomic E-state index is -0.0745. The summed E-state index contributed by atoms with van der Waals surface area (Å²) >= 11 is 5.84. The molecule has 104 valence electrons. The van der Waals surface area contributed by atoms with Crippen molar-refractivity contribution in [3.8, 4) is 5.75 Å². The van der Waals surface area contributed by atoms with Crippen LogP contribution >= 0.6 is 11.6 Å². The molecule has 0 unspecified atom stereocenters. The second-order valence-corrected chi connectivity index (χ2v) is 5.33. The Morgan fingerprint density at radius 3 is 2.89 bits per heavy atom.